The van der Waals surface area contributed by atoms with Crippen molar-refractivity contribution in [3.8, 4) is 0 Å². The maximum absolute atomic E-state index is 13.2. The van der Waals surface area contributed by atoms with Crippen molar-refractivity contribution in [2.75, 3.05) is 6.54 Å². The Bertz CT molecular complexity index is 372. The monoisotopic (exact) mass is 198 g/mol. The largest absolute Gasteiger partial charge is 0.455 e. The van der Waals surface area contributed by atoms with Crippen molar-refractivity contribution in [2.45, 2.75) is 6.10 Å². The molecule has 1 unspecified atom stereocenters. The third-order valence-electron chi connectivity index (χ3n) is 2.00. The topological polar surface area (TPSA) is 47.6 Å². The van der Waals surface area contributed by atoms with Gasteiger partial charge in [-0.3, -0.25) is 0 Å². The van der Waals surface area contributed by atoms with Crippen LogP contribution < -0.4 is 5.73 Å². The van der Waals surface area contributed by atoms with E-state index in [2.05, 4.69) is 4.99 Å². The zero-order chi connectivity index (χ0) is 10.1. The molecule has 74 valence electrons. The van der Waals surface area contributed by atoms with Crippen LogP contribution in [0.25, 0.3) is 0 Å². The molecule has 0 fully saturated rings. The summed E-state index contributed by atoms with van der Waals surface area (Å²) in [6, 6.07) is 3.62. The van der Waals surface area contributed by atoms with E-state index in [9.17, 15) is 8.78 Å². The highest BCUT2D eigenvalue weighted by Crippen LogP contribution is 2.26. The minimum absolute atomic E-state index is 0.0300. The number of benzene rings is 1. The first kappa shape index (κ1) is 8.93. The molecule has 1 aliphatic heterocycles. The van der Waals surface area contributed by atoms with Gasteiger partial charge >= 0.3 is 0 Å². The number of halogens is 2. The summed E-state index contributed by atoms with van der Waals surface area (Å²) < 4.78 is 31.4. The molecule has 0 aromatic heterocycles. The zero-order valence-electron chi connectivity index (χ0n) is 7.21. The molecule has 0 amide bonds. The van der Waals surface area contributed by atoms with Gasteiger partial charge in [0.2, 0.25) is 0 Å². The van der Waals surface area contributed by atoms with Gasteiger partial charge in [0.15, 0.2) is 6.10 Å². The lowest BCUT2D eigenvalue weighted by molar-refractivity contribution is 0.214. The van der Waals surface area contributed by atoms with E-state index in [1.165, 1.54) is 18.2 Å². The Morgan fingerprint density at radius 3 is 2.50 bits per heavy atom. The number of ether oxygens (including phenoxy) is 1. The van der Waals surface area contributed by atoms with Crippen molar-refractivity contribution in [2.24, 2.45) is 10.7 Å². The lowest BCUT2D eigenvalue weighted by atomic mass is 10.1. The normalized spacial score (nSPS) is 20.4. The molecular weight excluding hydrogens is 190 g/mol. The highest BCUT2D eigenvalue weighted by molar-refractivity contribution is 5.73. The lowest BCUT2D eigenvalue weighted by Gasteiger charge is -2.11. The Morgan fingerprint density at radius 2 is 2.00 bits per heavy atom. The third kappa shape index (κ3) is 1.41. The van der Waals surface area contributed by atoms with Gasteiger partial charge in [0.05, 0.1) is 12.1 Å². The van der Waals surface area contributed by atoms with Gasteiger partial charge < -0.3 is 10.5 Å². The Labute approximate surface area is 79.2 Å². The molecule has 0 spiro atoms. The van der Waals surface area contributed by atoms with Crippen LogP contribution in [0.15, 0.2) is 23.2 Å². The molecule has 0 bridgehead atoms. The Kier molecular flexibility index (Phi) is 2.07. The molecule has 1 aromatic carbocycles. The summed E-state index contributed by atoms with van der Waals surface area (Å²) in [5.74, 6) is -1.28. The molecule has 2 N–H and O–H groups in total. The van der Waals surface area contributed by atoms with Gasteiger partial charge in [0.1, 0.15) is 11.6 Å². The summed E-state index contributed by atoms with van der Waals surface area (Å²) in [5.41, 5.74) is 5.13. The van der Waals surface area contributed by atoms with E-state index in [1.807, 2.05) is 0 Å². The average molecular weight is 198 g/mol. The van der Waals surface area contributed by atoms with Gasteiger partial charge in [0, 0.05) is 0 Å². The molecular formula is C9H8F2N2O. The number of amidine groups is 1. The van der Waals surface area contributed by atoms with Crippen molar-refractivity contribution in [1.82, 2.24) is 0 Å². The Hall–Kier alpha value is -1.65. The Balaban J connectivity index is 2.33. The molecule has 1 heterocycles. The molecule has 1 aromatic rings. The van der Waals surface area contributed by atoms with Crippen LogP contribution in [0.2, 0.25) is 0 Å². The number of nitrogens with zero attached hydrogens (tertiary/aromatic N) is 1. The second-order valence-corrected chi connectivity index (χ2v) is 2.92. The van der Waals surface area contributed by atoms with E-state index in [4.69, 9.17) is 10.5 Å². The van der Waals surface area contributed by atoms with E-state index in [-0.39, 0.29) is 18.1 Å². The fraction of sp³-hybridized carbons (Fsp3) is 0.222. The molecule has 2 rings (SSSR count). The predicted molar refractivity (Wildman–Crippen MR) is 46.7 cm³/mol. The van der Waals surface area contributed by atoms with Crippen LogP contribution in [0, 0.1) is 11.6 Å². The summed E-state index contributed by atoms with van der Waals surface area (Å²) in [7, 11) is 0. The number of nitrogens with two attached hydrogens (primary N) is 1. The van der Waals surface area contributed by atoms with Crippen LogP contribution in [0.3, 0.4) is 0 Å². The molecule has 1 atom stereocenters. The fourth-order valence-electron chi connectivity index (χ4n) is 1.36. The minimum atomic E-state index is -0.740. The van der Waals surface area contributed by atoms with Crippen molar-refractivity contribution in [3.63, 3.8) is 0 Å². The summed E-state index contributed by atoms with van der Waals surface area (Å²) >= 11 is 0. The summed E-state index contributed by atoms with van der Waals surface area (Å²) in [4.78, 5) is 3.72. The molecule has 0 radical (unpaired) electrons. The number of hydrogen-bond donors (Lipinski definition) is 1. The van der Waals surface area contributed by atoms with Crippen LogP contribution in [-0.2, 0) is 4.74 Å². The summed E-state index contributed by atoms with van der Waals surface area (Å²) in [6.07, 6.45) is -0.740. The predicted octanol–water partition coefficient (Wildman–Crippen LogP) is 1.35. The van der Waals surface area contributed by atoms with Gasteiger partial charge in [-0.2, -0.15) is 0 Å². The molecule has 5 heteroatoms. The first-order valence-electron chi connectivity index (χ1n) is 4.09. The van der Waals surface area contributed by atoms with Gasteiger partial charge in [-0.25, -0.2) is 13.8 Å². The van der Waals surface area contributed by atoms with Crippen molar-refractivity contribution in [1.29, 1.82) is 0 Å². The van der Waals surface area contributed by atoms with Gasteiger partial charge in [-0.05, 0) is 12.1 Å². The van der Waals surface area contributed by atoms with Crippen LogP contribution >= 0.6 is 0 Å². The first-order valence-corrected chi connectivity index (χ1v) is 4.09. The lowest BCUT2D eigenvalue weighted by Crippen LogP contribution is -2.14. The maximum atomic E-state index is 13.2. The van der Waals surface area contributed by atoms with Gasteiger partial charge in [-0.15, -0.1) is 0 Å². The average Bonchev–Trinajstić information content (AvgIpc) is 2.51. The van der Waals surface area contributed by atoms with Crippen LogP contribution in [0.5, 0.6) is 0 Å². The smallest absolute Gasteiger partial charge is 0.282 e. The molecule has 0 aliphatic carbocycles. The SMILES string of the molecule is NC1=NCC(c2c(F)cccc2F)O1. The van der Waals surface area contributed by atoms with Crippen molar-refractivity contribution < 1.29 is 13.5 Å². The molecule has 14 heavy (non-hydrogen) atoms. The van der Waals surface area contributed by atoms with Crippen LogP contribution in [0.4, 0.5) is 8.78 Å². The molecule has 3 nitrogen and oxygen atoms in total. The van der Waals surface area contributed by atoms with Crippen LogP contribution in [0.1, 0.15) is 11.7 Å². The number of aliphatic imine (C=N–C) groups is 1. The third-order valence-corrected chi connectivity index (χ3v) is 2.00. The zero-order valence-corrected chi connectivity index (χ0v) is 7.21. The number of rotatable bonds is 1. The molecule has 0 saturated carbocycles. The molecule has 1 aliphatic rings. The van der Waals surface area contributed by atoms with E-state index >= 15 is 0 Å². The van der Waals surface area contributed by atoms with E-state index in [0.717, 1.165) is 0 Å². The van der Waals surface area contributed by atoms with E-state index in [1.54, 1.807) is 0 Å². The minimum Gasteiger partial charge on any atom is -0.455 e. The fourth-order valence-corrected chi connectivity index (χ4v) is 1.36. The summed E-state index contributed by atoms with van der Waals surface area (Å²) in [6.45, 7) is 0.156. The highest BCUT2D eigenvalue weighted by atomic mass is 19.1. The van der Waals surface area contributed by atoms with E-state index in [0.29, 0.717) is 0 Å². The highest BCUT2D eigenvalue weighted by Gasteiger charge is 2.25. The van der Waals surface area contributed by atoms with Gasteiger partial charge in [-0.1, -0.05) is 6.07 Å². The Morgan fingerprint density at radius 1 is 1.36 bits per heavy atom. The summed E-state index contributed by atoms with van der Waals surface area (Å²) in [5, 5.41) is 0. The van der Waals surface area contributed by atoms with Crippen molar-refractivity contribution in [3.05, 3.63) is 35.4 Å². The number of hydrogen-bond acceptors (Lipinski definition) is 3. The quantitative estimate of drug-likeness (QED) is 0.740. The standard InChI is InChI=1S/C9H8F2N2O/c10-5-2-1-3-6(11)8(5)7-4-13-9(12)14-7/h1-3,7H,4H2,(H2,12,13). The van der Waals surface area contributed by atoms with E-state index < -0.39 is 17.7 Å². The van der Waals surface area contributed by atoms with Crippen molar-refractivity contribution >= 4 is 6.02 Å². The first-order chi connectivity index (χ1) is 6.68. The molecule has 0 saturated heterocycles. The second kappa shape index (κ2) is 3.25. The van der Waals surface area contributed by atoms with Gasteiger partial charge in [0.25, 0.3) is 6.02 Å². The van der Waals surface area contributed by atoms with Crippen LogP contribution in [-0.4, -0.2) is 12.6 Å². The maximum Gasteiger partial charge on any atom is 0.282 e. The second-order valence-electron chi connectivity index (χ2n) is 2.92.